The second kappa shape index (κ2) is 9.38. The number of carbonyl (C=O) groups excluding carboxylic acids is 1. The number of H-pyrrole nitrogens is 1. The molecule has 1 aliphatic rings. The van der Waals surface area contributed by atoms with Crippen molar-refractivity contribution in [3.63, 3.8) is 0 Å². The van der Waals surface area contributed by atoms with Gasteiger partial charge >= 0.3 is 6.03 Å². The zero-order chi connectivity index (χ0) is 23.5. The van der Waals surface area contributed by atoms with Gasteiger partial charge in [-0.15, -0.1) is 0 Å². The second-order valence-electron chi connectivity index (χ2n) is 8.13. The maximum absolute atomic E-state index is 13.3. The van der Waals surface area contributed by atoms with Crippen molar-refractivity contribution in [2.24, 2.45) is 0 Å². The van der Waals surface area contributed by atoms with Crippen molar-refractivity contribution in [1.29, 1.82) is 0 Å². The molecule has 2 aromatic carbocycles. The number of benzene rings is 2. The van der Waals surface area contributed by atoms with Crippen molar-refractivity contribution in [2.75, 3.05) is 38.2 Å². The number of rotatable bonds is 5. The molecule has 1 fully saturated rings. The van der Waals surface area contributed by atoms with Crippen LogP contribution in [0, 0.1) is 5.82 Å². The first-order valence-electron chi connectivity index (χ1n) is 11.1. The molecular formula is C25H25FN6O2. The molecule has 0 saturated carbocycles. The molecule has 0 bridgehead atoms. The topological polar surface area (TPSA) is 86.4 Å². The van der Waals surface area contributed by atoms with E-state index in [0.717, 1.165) is 39.4 Å². The van der Waals surface area contributed by atoms with Crippen LogP contribution in [0.3, 0.4) is 0 Å². The summed E-state index contributed by atoms with van der Waals surface area (Å²) in [6, 6.07) is 15.9. The number of hydrogen-bond acceptors (Lipinski definition) is 5. The minimum atomic E-state index is -0.272. The van der Waals surface area contributed by atoms with Crippen LogP contribution in [0.2, 0.25) is 0 Å². The Hall–Kier alpha value is -4.14. The molecule has 5 rings (SSSR count). The van der Waals surface area contributed by atoms with E-state index in [1.807, 2.05) is 35.2 Å². The van der Waals surface area contributed by atoms with Gasteiger partial charge in [-0.3, -0.25) is 0 Å². The highest BCUT2D eigenvalue weighted by molar-refractivity contribution is 5.92. The van der Waals surface area contributed by atoms with Crippen molar-refractivity contribution in [3.8, 4) is 17.0 Å². The predicted molar refractivity (Wildman–Crippen MR) is 128 cm³/mol. The third-order valence-electron chi connectivity index (χ3n) is 6.03. The van der Waals surface area contributed by atoms with Crippen LogP contribution in [0.1, 0.15) is 5.56 Å². The van der Waals surface area contributed by atoms with E-state index in [2.05, 4.69) is 25.2 Å². The first-order chi connectivity index (χ1) is 16.6. The molecule has 9 heteroatoms. The summed E-state index contributed by atoms with van der Waals surface area (Å²) >= 11 is 0. The summed E-state index contributed by atoms with van der Waals surface area (Å²) in [6.07, 6.45) is 1.54. The standard InChI is InChI=1S/C25H25FN6O2/c1-34-20-8-2-17(3-9-20)15-27-25(33)32-12-10-31(11-13-32)24-21-14-22(30-23(21)28-16-29-24)18-4-6-19(26)7-5-18/h2-9,14,16H,10-13,15H2,1H3,(H,27,33)(H,28,29,30). The van der Waals surface area contributed by atoms with Crippen LogP contribution in [0.5, 0.6) is 5.75 Å². The Balaban J connectivity index is 1.23. The number of methoxy groups -OCH3 is 1. The average molecular weight is 461 g/mol. The number of halogens is 1. The van der Waals surface area contributed by atoms with Crippen molar-refractivity contribution in [2.45, 2.75) is 6.54 Å². The number of aromatic nitrogens is 3. The maximum Gasteiger partial charge on any atom is 0.317 e. The zero-order valence-electron chi connectivity index (χ0n) is 18.8. The lowest BCUT2D eigenvalue weighted by Gasteiger charge is -2.35. The molecule has 0 atom stereocenters. The SMILES string of the molecule is COc1ccc(CNC(=O)N2CCN(c3ncnc4[nH]c(-c5ccc(F)cc5)cc34)CC2)cc1. The van der Waals surface area contributed by atoms with E-state index in [1.165, 1.54) is 18.5 Å². The van der Waals surface area contributed by atoms with Gasteiger partial charge in [0.05, 0.1) is 12.5 Å². The molecule has 34 heavy (non-hydrogen) atoms. The summed E-state index contributed by atoms with van der Waals surface area (Å²) in [5.41, 5.74) is 3.47. The van der Waals surface area contributed by atoms with Gasteiger partial charge in [-0.05, 0) is 53.6 Å². The Morgan fingerprint density at radius 2 is 1.79 bits per heavy atom. The van der Waals surface area contributed by atoms with Crippen molar-refractivity contribution < 1.29 is 13.9 Å². The molecule has 4 aromatic rings. The van der Waals surface area contributed by atoms with Gasteiger partial charge in [0.1, 0.15) is 29.4 Å². The molecule has 2 N–H and O–H groups in total. The number of piperazine rings is 1. The largest absolute Gasteiger partial charge is 0.497 e. The summed E-state index contributed by atoms with van der Waals surface area (Å²) in [5, 5.41) is 3.89. The first-order valence-corrected chi connectivity index (χ1v) is 11.1. The Kier molecular flexibility index (Phi) is 5.99. The van der Waals surface area contributed by atoms with Crippen LogP contribution >= 0.6 is 0 Å². The van der Waals surface area contributed by atoms with Crippen LogP contribution in [0.15, 0.2) is 60.9 Å². The van der Waals surface area contributed by atoms with Gasteiger partial charge in [-0.1, -0.05) is 12.1 Å². The molecule has 0 unspecified atom stereocenters. The molecule has 1 aliphatic heterocycles. The summed E-state index contributed by atoms with van der Waals surface area (Å²) in [4.78, 5) is 28.8. The molecule has 3 heterocycles. The fraction of sp³-hybridized carbons (Fsp3) is 0.240. The highest BCUT2D eigenvalue weighted by Crippen LogP contribution is 2.29. The predicted octanol–water partition coefficient (Wildman–Crippen LogP) is 3.80. The van der Waals surface area contributed by atoms with E-state index >= 15 is 0 Å². The normalized spacial score (nSPS) is 13.8. The van der Waals surface area contributed by atoms with E-state index in [1.54, 1.807) is 19.2 Å². The molecule has 8 nitrogen and oxygen atoms in total. The number of aromatic amines is 1. The molecular weight excluding hydrogens is 435 g/mol. The third kappa shape index (κ3) is 4.50. The van der Waals surface area contributed by atoms with E-state index in [0.29, 0.717) is 32.7 Å². The lowest BCUT2D eigenvalue weighted by atomic mass is 10.1. The summed E-state index contributed by atoms with van der Waals surface area (Å²) < 4.78 is 18.5. The van der Waals surface area contributed by atoms with Gasteiger partial charge in [0.15, 0.2) is 0 Å². The van der Waals surface area contributed by atoms with Gasteiger partial charge < -0.3 is 24.8 Å². The number of anilines is 1. The van der Waals surface area contributed by atoms with Gasteiger partial charge in [-0.25, -0.2) is 19.2 Å². The van der Waals surface area contributed by atoms with E-state index in [-0.39, 0.29) is 11.8 Å². The Morgan fingerprint density at radius 1 is 1.06 bits per heavy atom. The second-order valence-corrected chi connectivity index (χ2v) is 8.13. The number of nitrogens with zero attached hydrogens (tertiary/aromatic N) is 4. The highest BCUT2D eigenvalue weighted by Gasteiger charge is 2.23. The van der Waals surface area contributed by atoms with E-state index < -0.39 is 0 Å². The van der Waals surface area contributed by atoms with Crippen LogP contribution in [-0.4, -0.2) is 59.2 Å². The fourth-order valence-electron chi connectivity index (χ4n) is 4.12. The zero-order valence-corrected chi connectivity index (χ0v) is 18.8. The number of urea groups is 1. The average Bonchev–Trinajstić information content (AvgIpc) is 3.32. The number of carbonyl (C=O) groups is 1. The fourth-order valence-corrected chi connectivity index (χ4v) is 4.12. The number of nitrogens with one attached hydrogen (secondary N) is 2. The molecule has 2 aromatic heterocycles. The number of fused-ring (bicyclic) bond motifs is 1. The van der Waals surface area contributed by atoms with Crippen molar-refractivity contribution in [1.82, 2.24) is 25.2 Å². The van der Waals surface area contributed by atoms with Crippen molar-refractivity contribution >= 4 is 22.9 Å². The lowest BCUT2D eigenvalue weighted by Crippen LogP contribution is -2.52. The molecule has 2 amide bonds. The lowest BCUT2D eigenvalue weighted by molar-refractivity contribution is 0.194. The molecule has 0 radical (unpaired) electrons. The summed E-state index contributed by atoms with van der Waals surface area (Å²) in [6.45, 7) is 2.98. The van der Waals surface area contributed by atoms with Gasteiger partial charge in [0.25, 0.3) is 0 Å². The smallest absolute Gasteiger partial charge is 0.317 e. The Labute approximate surface area is 196 Å². The monoisotopic (exact) mass is 460 g/mol. The molecule has 1 saturated heterocycles. The number of amides is 2. The van der Waals surface area contributed by atoms with Crippen LogP contribution in [-0.2, 0) is 6.54 Å². The first kappa shape index (κ1) is 21.7. The summed E-state index contributed by atoms with van der Waals surface area (Å²) in [5.74, 6) is 1.34. The maximum atomic E-state index is 13.3. The Bertz CT molecular complexity index is 1280. The highest BCUT2D eigenvalue weighted by atomic mass is 19.1. The van der Waals surface area contributed by atoms with Gasteiger partial charge in [0.2, 0.25) is 0 Å². The Morgan fingerprint density at radius 3 is 2.50 bits per heavy atom. The number of hydrogen-bond donors (Lipinski definition) is 2. The minimum Gasteiger partial charge on any atom is -0.497 e. The van der Waals surface area contributed by atoms with E-state index in [9.17, 15) is 9.18 Å². The van der Waals surface area contributed by atoms with E-state index in [4.69, 9.17) is 4.74 Å². The molecule has 0 aliphatic carbocycles. The van der Waals surface area contributed by atoms with Crippen LogP contribution in [0.4, 0.5) is 15.0 Å². The van der Waals surface area contributed by atoms with Crippen molar-refractivity contribution in [3.05, 3.63) is 72.3 Å². The minimum absolute atomic E-state index is 0.0801. The van der Waals surface area contributed by atoms with Crippen LogP contribution in [0.25, 0.3) is 22.3 Å². The van der Waals surface area contributed by atoms with Gasteiger partial charge in [0, 0.05) is 38.4 Å². The molecule has 174 valence electrons. The summed E-state index contributed by atoms with van der Waals surface area (Å²) in [7, 11) is 1.63. The molecule has 0 spiro atoms. The van der Waals surface area contributed by atoms with Gasteiger partial charge in [-0.2, -0.15) is 0 Å². The quantitative estimate of drug-likeness (QED) is 0.473. The van der Waals surface area contributed by atoms with Crippen LogP contribution < -0.4 is 15.0 Å². The third-order valence-corrected chi connectivity index (χ3v) is 6.03. The number of ether oxygens (including phenoxy) is 1.